The molecule has 0 atom stereocenters. The lowest BCUT2D eigenvalue weighted by atomic mass is 10.1. The molecule has 21 heavy (non-hydrogen) atoms. The fraction of sp³-hybridized carbons (Fsp3) is 0.471. The molecule has 0 aliphatic heterocycles. The van der Waals surface area contributed by atoms with Gasteiger partial charge in [-0.2, -0.15) is 0 Å². The van der Waals surface area contributed by atoms with E-state index < -0.39 is 0 Å². The standard InChI is InChI=1S/C17H24O4/c1-5-19-15-9-8-10-16(20-6-2)14(15)12-11-13(4)17(18)21-7-3/h8-11H,5-7,12H2,1-4H3. The van der Waals surface area contributed by atoms with Crippen molar-refractivity contribution in [2.45, 2.75) is 34.1 Å². The second-order valence-electron chi connectivity index (χ2n) is 4.41. The molecular weight excluding hydrogens is 268 g/mol. The Labute approximate surface area is 126 Å². The Morgan fingerprint density at radius 1 is 1.05 bits per heavy atom. The van der Waals surface area contributed by atoms with Crippen LogP contribution in [0.5, 0.6) is 11.5 Å². The van der Waals surface area contributed by atoms with E-state index in [-0.39, 0.29) is 5.97 Å². The van der Waals surface area contributed by atoms with Crippen LogP contribution in [0.25, 0.3) is 0 Å². The molecule has 0 spiro atoms. The number of ether oxygens (including phenoxy) is 3. The molecule has 1 aromatic rings. The third kappa shape index (κ3) is 5.14. The smallest absolute Gasteiger partial charge is 0.333 e. The van der Waals surface area contributed by atoms with Gasteiger partial charge in [0.1, 0.15) is 11.5 Å². The Morgan fingerprint density at radius 3 is 2.10 bits per heavy atom. The van der Waals surface area contributed by atoms with Gasteiger partial charge in [0.25, 0.3) is 0 Å². The summed E-state index contributed by atoms with van der Waals surface area (Å²) < 4.78 is 16.3. The topological polar surface area (TPSA) is 44.8 Å². The number of hydrogen-bond acceptors (Lipinski definition) is 4. The lowest BCUT2D eigenvalue weighted by Gasteiger charge is -2.14. The fourth-order valence-corrected chi connectivity index (χ4v) is 1.91. The van der Waals surface area contributed by atoms with Gasteiger partial charge in [0.05, 0.1) is 19.8 Å². The first-order valence-corrected chi connectivity index (χ1v) is 7.35. The van der Waals surface area contributed by atoms with Gasteiger partial charge in [-0.3, -0.25) is 0 Å². The van der Waals surface area contributed by atoms with Crippen LogP contribution in [0.4, 0.5) is 0 Å². The van der Waals surface area contributed by atoms with E-state index in [2.05, 4.69) is 0 Å². The summed E-state index contributed by atoms with van der Waals surface area (Å²) in [6.45, 7) is 8.98. The van der Waals surface area contributed by atoms with Crippen LogP contribution >= 0.6 is 0 Å². The second-order valence-corrected chi connectivity index (χ2v) is 4.41. The third-order valence-electron chi connectivity index (χ3n) is 2.90. The first-order valence-electron chi connectivity index (χ1n) is 7.35. The Morgan fingerprint density at radius 2 is 1.62 bits per heavy atom. The summed E-state index contributed by atoms with van der Waals surface area (Å²) in [6.07, 6.45) is 2.41. The molecule has 0 unspecified atom stereocenters. The van der Waals surface area contributed by atoms with Crippen LogP contribution < -0.4 is 9.47 Å². The average molecular weight is 292 g/mol. The number of benzene rings is 1. The molecule has 0 heterocycles. The molecule has 4 nitrogen and oxygen atoms in total. The molecule has 0 aromatic heterocycles. The van der Waals surface area contributed by atoms with Gasteiger partial charge in [-0.1, -0.05) is 12.1 Å². The fourth-order valence-electron chi connectivity index (χ4n) is 1.91. The van der Waals surface area contributed by atoms with Crippen molar-refractivity contribution in [1.29, 1.82) is 0 Å². The van der Waals surface area contributed by atoms with E-state index in [1.54, 1.807) is 13.8 Å². The predicted octanol–water partition coefficient (Wildman–Crippen LogP) is 3.54. The highest BCUT2D eigenvalue weighted by atomic mass is 16.5. The number of rotatable bonds is 8. The van der Waals surface area contributed by atoms with Gasteiger partial charge < -0.3 is 14.2 Å². The number of carbonyl (C=O) groups is 1. The SMILES string of the molecule is CCOC(=O)C(C)=CCc1c(OCC)cccc1OCC. The summed E-state index contributed by atoms with van der Waals surface area (Å²) >= 11 is 0. The van der Waals surface area contributed by atoms with E-state index in [9.17, 15) is 4.79 Å². The highest BCUT2D eigenvalue weighted by Crippen LogP contribution is 2.29. The molecule has 0 radical (unpaired) electrons. The maximum absolute atomic E-state index is 11.6. The van der Waals surface area contributed by atoms with Gasteiger partial charge in [0, 0.05) is 11.1 Å². The van der Waals surface area contributed by atoms with E-state index in [1.165, 1.54) is 0 Å². The molecule has 0 amide bonds. The van der Waals surface area contributed by atoms with E-state index in [0.29, 0.717) is 31.8 Å². The van der Waals surface area contributed by atoms with Crippen LogP contribution in [0.15, 0.2) is 29.8 Å². The van der Waals surface area contributed by atoms with Crippen molar-refractivity contribution >= 4 is 5.97 Å². The van der Waals surface area contributed by atoms with Gasteiger partial charge in [-0.25, -0.2) is 4.79 Å². The number of carbonyl (C=O) groups excluding carboxylic acids is 1. The molecule has 0 N–H and O–H groups in total. The van der Waals surface area contributed by atoms with Crippen molar-refractivity contribution in [2.24, 2.45) is 0 Å². The van der Waals surface area contributed by atoms with Crippen LogP contribution in [0.3, 0.4) is 0 Å². The molecule has 0 aliphatic rings. The molecule has 1 rings (SSSR count). The van der Waals surface area contributed by atoms with E-state index >= 15 is 0 Å². The van der Waals surface area contributed by atoms with Crippen molar-refractivity contribution < 1.29 is 19.0 Å². The summed E-state index contributed by atoms with van der Waals surface area (Å²) in [6, 6.07) is 5.73. The molecule has 0 bridgehead atoms. The van der Waals surface area contributed by atoms with Crippen LogP contribution in [0.2, 0.25) is 0 Å². The Kier molecular flexibility index (Phi) is 7.37. The minimum absolute atomic E-state index is 0.288. The molecule has 0 aliphatic carbocycles. The minimum atomic E-state index is -0.288. The van der Waals surface area contributed by atoms with Crippen molar-refractivity contribution in [3.05, 3.63) is 35.4 Å². The van der Waals surface area contributed by atoms with Gasteiger partial charge in [0.2, 0.25) is 0 Å². The quantitative estimate of drug-likeness (QED) is 0.543. The number of hydrogen-bond donors (Lipinski definition) is 0. The maximum Gasteiger partial charge on any atom is 0.333 e. The Bertz CT molecular complexity index is 467. The Balaban J connectivity index is 2.98. The summed E-state index contributed by atoms with van der Waals surface area (Å²) in [7, 11) is 0. The Hall–Kier alpha value is -1.97. The number of allylic oxidation sites excluding steroid dienone is 1. The van der Waals surface area contributed by atoms with E-state index in [1.807, 2.05) is 38.1 Å². The zero-order valence-electron chi connectivity index (χ0n) is 13.3. The second kappa shape index (κ2) is 9.06. The monoisotopic (exact) mass is 292 g/mol. The van der Waals surface area contributed by atoms with Crippen molar-refractivity contribution in [3.8, 4) is 11.5 Å². The lowest BCUT2D eigenvalue weighted by Crippen LogP contribution is -2.06. The lowest BCUT2D eigenvalue weighted by molar-refractivity contribution is -0.138. The summed E-state index contributed by atoms with van der Waals surface area (Å²) in [4.78, 5) is 11.6. The zero-order chi connectivity index (χ0) is 15.7. The molecule has 4 heteroatoms. The minimum Gasteiger partial charge on any atom is -0.493 e. The van der Waals surface area contributed by atoms with Gasteiger partial charge in [0.15, 0.2) is 0 Å². The average Bonchev–Trinajstić information content (AvgIpc) is 2.47. The number of esters is 1. The van der Waals surface area contributed by atoms with Crippen LogP contribution in [0, 0.1) is 0 Å². The normalized spacial score (nSPS) is 11.1. The van der Waals surface area contributed by atoms with Crippen LogP contribution in [0.1, 0.15) is 33.3 Å². The first-order chi connectivity index (χ1) is 10.1. The van der Waals surface area contributed by atoms with E-state index in [0.717, 1.165) is 17.1 Å². The summed E-state index contributed by atoms with van der Waals surface area (Å²) in [5, 5.41) is 0. The van der Waals surface area contributed by atoms with Crippen LogP contribution in [-0.4, -0.2) is 25.8 Å². The molecule has 116 valence electrons. The molecule has 0 saturated heterocycles. The molecule has 1 aromatic carbocycles. The maximum atomic E-state index is 11.6. The first kappa shape index (κ1) is 17.1. The van der Waals surface area contributed by atoms with Crippen molar-refractivity contribution in [1.82, 2.24) is 0 Å². The molecule has 0 fully saturated rings. The highest BCUT2D eigenvalue weighted by Gasteiger charge is 2.11. The zero-order valence-corrected chi connectivity index (χ0v) is 13.3. The summed E-state index contributed by atoms with van der Waals surface area (Å²) in [5.74, 6) is 1.29. The largest absolute Gasteiger partial charge is 0.493 e. The highest BCUT2D eigenvalue weighted by molar-refractivity contribution is 5.87. The van der Waals surface area contributed by atoms with Crippen molar-refractivity contribution in [2.75, 3.05) is 19.8 Å². The molecule has 0 saturated carbocycles. The van der Waals surface area contributed by atoms with Gasteiger partial charge in [-0.15, -0.1) is 0 Å². The third-order valence-corrected chi connectivity index (χ3v) is 2.90. The van der Waals surface area contributed by atoms with Gasteiger partial charge in [-0.05, 0) is 46.2 Å². The van der Waals surface area contributed by atoms with Crippen LogP contribution in [-0.2, 0) is 16.0 Å². The summed E-state index contributed by atoms with van der Waals surface area (Å²) in [5.41, 5.74) is 1.54. The van der Waals surface area contributed by atoms with Gasteiger partial charge >= 0.3 is 5.97 Å². The predicted molar refractivity (Wildman–Crippen MR) is 82.9 cm³/mol. The molecular formula is C17H24O4. The van der Waals surface area contributed by atoms with E-state index in [4.69, 9.17) is 14.2 Å². The van der Waals surface area contributed by atoms with Crippen molar-refractivity contribution in [3.63, 3.8) is 0 Å².